The van der Waals surface area contributed by atoms with Gasteiger partial charge < -0.3 is 4.90 Å². The van der Waals surface area contributed by atoms with Crippen LogP contribution in [0.1, 0.15) is 5.56 Å². The summed E-state index contributed by atoms with van der Waals surface area (Å²) < 4.78 is 21.3. The SMILES string of the molecule is Cc1c[c]ccc1N1CCN(C[SH](=O)=O)CC1. The minimum Gasteiger partial charge on any atom is -0.369 e. The third-order valence-corrected chi connectivity index (χ3v) is 3.70. The summed E-state index contributed by atoms with van der Waals surface area (Å²) in [5, 5.41) is 0. The van der Waals surface area contributed by atoms with Crippen LogP contribution >= 0.6 is 0 Å². The number of benzene rings is 1. The lowest BCUT2D eigenvalue weighted by atomic mass is 10.1. The predicted octanol–water partition coefficient (Wildman–Crippen LogP) is 0.486. The molecule has 1 aliphatic rings. The normalized spacial score (nSPS) is 17.6. The smallest absolute Gasteiger partial charge is 0.153 e. The Morgan fingerprint density at radius 3 is 2.59 bits per heavy atom. The van der Waals surface area contributed by atoms with E-state index in [1.54, 1.807) is 0 Å². The van der Waals surface area contributed by atoms with Crippen molar-refractivity contribution in [3.05, 3.63) is 29.8 Å². The lowest BCUT2D eigenvalue weighted by molar-refractivity contribution is 0.296. The largest absolute Gasteiger partial charge is 0.369 e. The van der Waals surface area contributed by atoms with Gasteiger partial charge in [0.05, 0.1) is 5.88 Å². The standard InChI is InChI=1S/C12H17N2O2S/c1-11-4-2-3-5-12(11)14-8-6-13(7-9-14)10-17(15)16/h3-5,17H,6-10H2,1H3. The molecule has 1 fully saturated rings. The van der Waals surface area contributed by atoms with Crippen molar-refractivity contribution in [2.45, 2.75) is 6.92 Å². The molecule has 1 aromatic rings. The molecule has 1 saturated heterocycles. The van der Waals surface area contributed by atoms with E-state index in [9.17, 15) is 8.42 Å². The molecule has 0 aliphatic carbocycles. The Bertz CT molecular complexity index is 444. The summed E-state index contributed by atoms with van der Waals surface area (Å²) in [5.74, 6) is 0.185. The molecule has 2 rings (SSSR count). The van der Waals surface area contributed by atoms with Crippen LogP contribution in [0.5, 0.6) is 0 Å². The Hall–Kier alpha value is -1.07. The van der Waals surface area contributed by atoms with Crippen molar-refractivity contribution >= 4 is 16.4 Å². The maximum absolute atomic E-state index is 10.7. The van der Waals surface area contributed by atoms with Gasteiger partial charge in [-0.3, -0.25) is 4.90 Å². The van der Waals surface area contributed by atoms with Gasteiger partial charge in [-0.1, -0.05) is 6.07 Å². The molecule has 0 saturated carbocycles. The van der Waals surface area contributed by atoms with Crippen LogP contribution in [-0.2, 0) is 10.7 Å². The number of hydrogen-bond acceptors (Lipinski definition) is 4. The number of rotatable bonds is 3. The predicted molar refractivity (Wildman–Crippen MR) is 69.0 cm³/mol. The van der Waals surface area contributed by atoms with E-state index < -0.39 is 10.7 Å². The lowest BCUT2D eigenvalue weighted by Crippen LogP contribution is -2.47. The van der Waals surface area contributed by atoms with Crippen LogP contribution in [0.4, 0.5) is 5.69 Å². The lowest BCUT2D eigenvalue weighted by Gasteiger charge is -2.35. The molecule has 0 atom stereocenters. The van der Waals surface area contributed by atoms with Gasteiger partial charge in [0, 0.05) is 31.9 Å². The van der Waals surface area contributed by atoms with Crippen molar-refractivity contribution in [2.75, 3.05) is 37.0 Å². The average Bonchev–Trinajstić information content (AvgIpc) is 2.30. The highest BCUT2D eigenvalue weighted by Crippen LogP contribution is 2.20. The Balaban J connectivity index is 1.97. The van der Waals surface area contributed by atoms with E-state index in [1.165, 1.54) is 11.3 Å². The molecule has 1 aromatic carbocycles. The van der Waals surface area contributed by atoms with E-state index in [0.717, 1.165) is 26.2 Å². The van der Waals surface area contributed by atoms with Crippen LogP contribution in [0.2, 0.25) is 0 Å². The van der Waals surface area contributed by atoms with Crippen molar-refractivity contribution in [2.24, 2.45) is 0 Å². The molecule has 0 N–H and O–H groups in total. The second kappa shape index (κ2) is 5.51. The molecule has 1 radical (unpaired) electrons. The first kappa shape index (κ1) is 12.4. The average molecular weight is 253 g/mol. The van der Waals surface area contributed by atoms with Gasteiger partial charge in [0.2, 0.25) is 0 Å². The van der Waals surface area contributed by atoms with E-state index in [1.807, 2.05) is 17.0 Å². The summed E-state index contributed by atoms with van der Waals surface area (Å²) in [4.78, 5) is 4.28. The molecule has 1 aliphatic heterocycles. The molecule has 0 bridgehead atoms. The highest BCUT2D eigenvalue weighted by molar-refractivity contribution is 7.72. The zero-order valence-electron chi connectivity index (χ0n) is 9.93. The van der Waals surface area contributed by atoms with Crippen LogP contribution in [0.15, 0.2) is 18.2 Å². The summed E-state index contributed by atoms with van der Waals surface area (Å²) in [6.45, 7) is 5.46. The number of nitrogens with zero attached hydrogens (tertiary/aromatic N) is 2. The van der Waals surface area contributed by atoms with Crippen molar-refractivity contribution in [1.82, 2.24) is 4.90 Å². The number of thiol groups is 1. The number of anilines is 1. The van der Waals surface area contributed by atoms with Gasteiger partial charge in [-0.2, -0.15) is 0 Å². The van der Waals surface area contributed by atoms with Crippen LogP contribution < -0.4 is 4.90 Å². The van der Waals surface area contributed by atoms with Gasteiger partial charge in [0.1, 0.15) is 0 Å². The van der Waals surface area contributed by atoms with Crippen LogP contribution in [0.3, 0.4) is 0 Å². The maximum Gasteiger partial charge on any atom is 0.153 e. The zero-order chi connectivity index (χ0) is 12.3. The van der Waals surface area contributed by atoms with E-state index in [0.29, 0.717) is 0 Å². The first-order chi connectivity index (χ1) is 8.16. The van der Waals surface area contributed by atoms with Crippen molar-refractivity contribution in [3.63, 3.8) is 0 Å². The number of aryl methyl sites for hydroxylation is 1. The van der Waals surface area contributed by atoms with Crippen LogP contribution in [0, 0.1) is 13.0 Å². The minimum atomic E-state index is -2.30. The number of piperazine rings is 1. The Labute approximate surface area is 104 Å². The molecule has 4 nitrogen and oxygen atoms in total. The molecule has 0 spiro atoms. The van der Waals surface area contributed by atoms with E-state index in [4.69, 9.17) is 0 Å². The van der Waals surface area contributed by atoms with Crippen LogP contribution in [0.25, 0.3) is 0 Å². The van der Waals surface area contributed by atoms with Crippen molar-refractivity contribution in [1.29, 1.82) is 0 Å². The fraction of sp³-hybridized carbons (Fsp3) is 0.500. The first-order valence-electron chi connectivity index (χ1n) is 5.72. The molecule has 0 aromatic heterocycles. The topological polar surface area (TPSA) is 40.6 Å². The second-order valence-corrected chi connectivity index (χ2v) is 5.24. The highest BCUT2D eigenvalue weighted by atomic mass is 32.2. The summed E-state index contributed by atoms with van der Waals surface area (Å²) in [6, 6.07) is 9.03. The summed E-state index contributed by atoms with van der Waals surface area (Å²) >= 11 is 0. The minimum absolute atomic E-state index is 0.185. The monoisotopic (exact) mass is 253 g/mol. The third-order valence-electron chi connectivity index (χ3n) is 3.07. The fourth-order valence-electron chi connectivity index (χ4n) is 2.15. The van der Waals surface area contributed by atoms with Crippen molar-refractivity contribution in [3.8, 4) is 0 Å². The summed E-state index contributed by atoms with van der Waals surface area (Å²) in [6.07, 6.45) is 0. The zero-order valence-corrected chi connectivity index (χ0v) is 10.8. The van der Waals surface area contributed by atoms with Gasteiger partial charge in [-0.15, -0.1) is 0 Å². The number of hydrogen-bond donors (Lipinski definition) is 1. The van der Waals surface area contributed by atoms with Gasteiger partial charge in [-0.25, -0.2) is 8.42 Å². The molecule has 5 heteroatoms. The molecule has 17 heavy (non-hydrogen) atoms. The maximum atomic E-state index is 10.7. The Kier molecular flexibility index (Phi) is 4.02. The van der Waals surface area contributed by atoms with E-state index >= 15 is 0 Å². The third kappa shape index (κ3) is 3.20. The molecule has 0 amide bonds. The highest BCUT2D eigenvalue weighted by Gasteiger charge is 2.18. The summed E-state index contributed by atoms with van der Waals surface area (Å²) in [5.41, 5.74) is 2.45. The Morgan fingerprint density at radius 2 is 2.00 bits per heavy atom. The van der Waals surface area contributed by atoms with Gasteiger partial charge in [-0.05, 0) is 30.7 Å². The van der Waals surface area contributed by atoms with Gasteiger partial charge in [0.15, 0.2) is 10.7 Å². The molecular weight excluding hydrogens is 236 g/mol. The summed E-state index contributed by atoms with van der Waals surface area (Å²) in [7, 11) is -2.30. The van der Waals surface area contributed by atoms with E-state index in [2.05, 4.69) is 24.0 Å². The molecular formula is C12H17N2O2S. The van der Waals surface area contributed by atoms with Gasteiger partial charge >= 0.3 is 0 Å². The molecule has 93 valence electrons. The van der Waals surface area contributed by atoms with Gasteiger partial charge in [0.25, 0.3) is 0 Å². The fourth-order valence-corrected chi connectivity index (χ4v) is 2.76. The molecule has 0 unspecified atom stereocenters. The second-order valence-electron chi connectivity index (χ2n) is 4.29. The quantitative estimate of drug-likeness (QED) is 0.796. The van der Waals surface area contributed by atoms with E-state index in [-0.39, 0.29) is 5.88 Å². The first-order valence-corrected chi connectivity index (χ1v) is 7.09. The van der Waals surface area contributed by atoms with Crippen LogP contribution in [-0.4, -0.2) is 45.4 Å². The Morgan fingerprint density at radius 1 is 1.29 bits per heavy atom. The van der Waals surface area contributed by atoms with Crippen molar-refractivity contribution < 1.29 is 8.42 Å². The molecule has 1 heterocycles.